The molecule has 3 aromatic carbocycles. The summed E-state index contributed by atoms with van der Waals surface area (Å²) in [7, 11) is 0. The number of hydrogen-bond donors (Lipinski definition) is 3. The van der Waals surface area contributed by atoms with E-state index in [9.17, 15) is 0 Å². The van der Waals surface area contributed by atoms with E-state index >= 15 is 0 Å². The van der Waals surface area contributed by atoms with Crippen molar-refractivity contribution in [2.75, 3.05) is 0 Å². The molecule has 3 heteroatoms. The van der Waals surface area contributed by atoms with Crippen molar-refractivity contribution < 1.29 is 0 Å². The molecule has 0 fully saturated rings. The molecule has 3 nitrogen and oxygen atoms in total. The fourth-order valence-electron chi connectivity index (χ4n) is 2.65. The second-order valence-electron chi connectivity index (χ2n) is 6.00. The first-order valence-electron chi connectivity index (χ1n) is 7.93. The van der Waals surface area contributed by atoms with Crippen molar-refractivity contribution in [3.8, 4) is 0 Å². The van der Waals surface area contributed by atoms with Crippen molar-refractivity contribution in [1.82, 2.24) is 4.98 Å². The Kier molecular flexibility index (Phi) is 4.34. The third kappa shape index (κ3) is 3.30. The minimum atomic E-state index is 0.104. The molecule has 0 aliphatic rings. The van der Waals surface area contributed by atoms with E-state index in [-0.39, 0.29) is 5.84 Å². The second-order valence-corrected chi connectivity index (χ2v) is 6.00. The normalized spacial score (nSPS) is 10.4. The zero-order chi connectivity index (χ0) is 17.1. The summed E-state index contributed by atoms with van der Waals surface area (Å²) in [6.07, 6.45) is 0. The van der Waals surface area contributed by atoms with E-state index in [1.807, 2.05) is 36.4 Å². The Bertz CT molecular complexity index is 974. The Balaban J connectivity index is 0.000000179. The lowest BCUT2D eigenvalue weighted by Crippen LogP contribution is -2.10. The van der Waals surface area contributed by atoms with Crippen LogP contribution in [0.25, 0.3) is 21.8 Å². The van der Waals surface area contributed by atoms with E-state index in [0.717, 1.165) is 22.0 Å². The SMILES string of the molecule is Cc1ccc(C)cc1.N=C(N)c1ccc2[nH]c3ccccc3c2c1. The second kappa shape index (κ2) is 6.59. The summed E-state index contributed by atoms with van der Waals surface area (Å²) in [5, 5.41) is 9.72. The number of hydrogen-bond acceptors (Lipinski definition) is 1. The number of amidine groups is 1. The number of nitrogen functional groups attached to an aromatic ring is 1. The van der Waals surface area contributed by atoms with Crippen LogP contribution in [0.4, 0.5) is 0 Å². The Morgan fingerprint density at radius 1 is 0.792 bits per heavy atom. The Morgan fingerprint density at radius 3 is 2.00 bits per heavy atom. The van der Waals surface area contributed by atoms with Gasteiger partial charge in [-0.3, -0.25) is 5.41 Å². The molecule has 24 heavy (non-hydrogen) atoms. The number of aromatic nitrogens is 1. The maximum Gasteiger partial charge on any atom is 0.122 e. The lowest BCUT2D eigenvalue weighted by molar-refractivity contribution is 1.40. The maximum absolute atomic E-state index is 7.44. The monoisotopic (exact) mass is 315 g/mol. The van der Waals surface area contributed by atoms with Gasteiger partial charge < -0.3 is 10.7 Å². The van der Waals surface area contributed by atoms with Crippen molar-refractivity contribution >= 4 is 27.6 Å². The number of rotatable bonds is 1. The molecule has 4 aromatic rings. The molecule has 0 saturated heterocycles. The zero-order valence-corrected chi connectivity index (χ0v) is 13.9. The summed E-state index contributed by atoms with van der Waals surface area (Å²) in [6, 6.07) is 22.4. The zero-order valence-electron chi connectivity index (χ0n) is 13.9. The van der Waals surface area contributed by atoms with Gasteiger partial charge in [-0.1, -0.05) is 53.6 Å². The van der Waals surface area contributed by atoms with Crippen LogP contribution in [0.1, 0.15) is 16.7 Å². The predicted octanol–water partition coefficient (Wildman–Crippen LogP) is 4.91. The van der Waals surface area contributed by atoms with Gasteiger partial charge in [-0.25, -0.2) is 0 Å². The van der Waals surface area contributed by atoms with Gasteiger partial charge in [0.15, 0.2) is 0 Å². The lowest BCUT2D eigenvalue weighted by atomic mass is 10.1. The van der Waals surface area contributed by atoms with Gasteiger partial charge in [0.1, 0.15) is 5.84 Å². The highest BCUT2D eigenvalue weighted by molar-refractivity contribution is 6.10. The number of H-pyrrole nitrogens is 1. The van der Waals surface area contributed by atoms with E-state index in [4.69, 9.17) is 11.1 Å². The molecule has 1 heterocycles. The van der Waals surface area contributed by atoms with E-state index in [1.54, 1.807) is 0 Å². The molecule has 4 N–H and O–H groups in total. The first-order chi connectivity index (χ1) is 11.5. The van der Waals surface area contributed by atoms with Crippen LogP contribution in [0, 0.1) is 19.3 Å². The number of nitrogens with one attached hydrogen (secondary N) is 2. The van der Waals surface area contributed by atoms with Gasteiger partial charge in [-0.05, 0) is 38.1 Å². The summed E-state index contributed by atoms with van der Waals surface area (Å²) >= 11 is 0. The Morgan fingerprint density at radius 2 is 1.38 bits per heavy atom. The fraction of sp³-hybridized carbons (Fsp3) is 0.0952. The first kappa shape index (κ1) is 15.8. The molecule has 0 unspecified atom stereocenters. The van der Waals surface area contributed by atoms with Gasteiger partial charge in [-0.15, -0.1) is 0 Å². The van der Waals surface area contributed by atoms with Gasteiger partial charge in [0.05, 0.1) is 0 Å². The van der Waals surface area contributed by atoms with Gasteiger partial charge >= 0.3 is 0 Å². The van der Waals surface area contributed by atoms with Crippen molar-refractivity contribution in [1.29, 1.82) is 5.41 Å². The average Bonchev–Trinajstić information content (AvgIpc) is 2.96. The predicted molar refractivity (Wildman–Crippen MR) is 103 cm³/mol. The molecule has 0 saturated carbocycles. The van der Waals surface area contributed by atoms with Crippen LogP contribution in [0.3, 0.4) is 0 Å². The largest absolute Gasteiger partial charge is 0.384 e. The summed E-state index contributed by atoms with van der Waals surface area (Å²) in [5.74, 6) is 0.104. The minimum Gasteiger partial charge on any atom is -0.384 e. The lowest BCUT2D eigenvalue weighted by Gasteiger charge is -1.97. The fourth-order valence-corrected chi connectivity index (χ4v) is 2.65. The van der Waals surface area contributed by atoms with Crippen LogP contribution in [0.2, 0.25) is 0 Å². The third-order valence-corrected chi connectivity index (χ3v) is 4.04. The number of fused-ring (bicyclic) bond motifs is 3. The smallest absolute Gasteiger partial charge is 0.122 e. The van der Waals surface area contributed by atoms with Crippen molar-refractivity contribution in [3.05, 3.63) is 83.4 Å². The summed E-state index contributed by atoms with van der Waals surface area (Å²) < 4.78 is 0. The standard InChI is InChI=1S/C13H11N3.C8H10/c14-13(15)8-5-6-12-10(7-8)9-3-1-2-4-11(9)16-12;1-7-3-5-8(2)6-4-7/h1-7,16H,(H3,14,15);3-6H,1-2H3. The highest BCUT2D eigenvalue weighted by Gasteiger charge is 2.05. The van der Waals surface area contributed by atoms with Crippen molar-refractivity contribution in [3.63, 3.8) is 0 Å². The van der Waals surface area contributed by atoms with E-state index in [0.29, 0.717) is 0 Å². The van der Waals surface area contributed by atoms with Crippen LogP contribution in [0.15, 0.2) is 66.7 Å². The van der Waals surface area contributed by atoms with E-state index < -0.39 is 0 Å². The highest BCUT2D eigenvalue weighted by Crippen LogP contribution is 2.25. The van der Waals surface area contributed by atoms with Gasteiger partial charge in [0, 0.05) is 27.4 Å². The quantitative estimate of drug-likeness (QED) is 0.339. The topological polar surface area (TPSA) is 65.7 Å². The molecular weight excluding hydrogens is 294 g/mol. The van der Waals surface area contributed by atoms with Gasteiger partial charge in [0.25, 0.3) is 0 Å². The van der Waals surface area contributed by atoms with Crippen molar-refractivity contribution in [2.45, 2.75) is 13.8 Å². The number of para-hydroxylation sites is 1. The highest BCUT2D eigenvalue weighted by atomic mass is 14.7. The van der Waals surface area contributed by atoms with Crippen LogP contribution in [-0.4, -0.2) is 10.8 Å². The van der Waals surface area contributed by atoms with Crippen LogP contribution < -0.4 is 5.73 Å². The summed E-state index contributed by atoms with van der Waals surface area (Å²) in [6.45, 7) is 4.19. The van der Waals surface area contributed by atoms with Crippen LogP contribution in [-0.2, 0) is 0 Å². The number of aryl methyl sites for hydroxylation is 2. The molecular formula is C21H21N3. The third-order valence-electron chi connectivity index (χ3n) is 4.04. The van der Waals surface area contributed by atoms with Crippen LogP contribution >= 0.6 is 0 Å². The average molecular weight is 315 g/mol. The molecule has 0 aliphatic carbocycles. The minimum absolute atomic E-state index is 0.104. The molecule has 0 spiro atoms. The molecule has 1 aromatic heterocycles. The molecule has 0 aliphatic heterocycles. The molecule has 0 radical (unpaired) electrons. The maximum atomic E-state index is 7.44. The van der Waals surface area contributed by atoms with Gasteiger partial charge in [-0.2, -0.15) is 0 Å². The Labute approximate surface area is 141 Å². The summed E-state index contributed by atoms with van der Waals surface area (Å²) in [5.41, 5.74) is 11.1. The summed E-state index contributed by atoms with van der Waals surface area (Å²) in [4.78, 5) is 3.33. The van der Waals surface area contributed by atoms with Crippen molar-refractivity contribution in [2.24, 2.45) is 5.73 Å². The molecule has 0 bridgehead atoms. The molecule has 0 atom stereocenters. The molecule has 0 amide bonds. The molecule has 4 rings (SSSR count). The van der Waals surface area contributed by atoms with Gasteiger partial charge in [0.2, 0.25) is 0 Å². The first-order valence-corrected chi connectivity index (χ1v) is 7.93. The Hall–Kier alpha value is -3.07. The number of nitrogens with two attached hydrogens (primary N) is 1. The van der Waals surface area contributed by atoms with Crippen LogP contribution in [0.5, 0.6) is 0 Å². The number of benzene rings is 3. The molecule has 120 valence electrons. The number of aromatic amines is 1. The van der Waals surface area contributed by atoms with E-state index in [1.165, 1.54) is 16.5 Å². The van der Waals surface area contributed by atoms with E-state index in [2.05, 4.69) is 49.2 Å².